The molecule has 0 aliphatic heterocycles. The van der Waals surface area contributed by atoms with Gasteiger partial charge in [0.15, 0.2) is 0 Å². The second kappa shape index (κ2) is 13.9. The van der Waals surface area contributed by atoms with Crippen molar-refractivity contribution in [1.82, 2.24) is 24.8 Å². The summed E-state index contributed by atoms with van der Waals surface area (Å²) in [7, 11) is 8.99. The molecule has 0 fully saturated rings. The van der Waals surface area contributed by atoms with Gasteiger partial charge in [-0.1, -0.05) is 0 Å². The van der Waals surface area contributed by atoms with Gasteiger partial charge in [0.2, 0.25) is 0 Å². The minimum absolute atomic E-state index is 0.0211. The summed E-state index contributed by atoms with van der Waals surface area (Å²) in [4.78, 5) is 40.5. The number of carbonyl (C=O) groups excluding carboxylic acids is 2. The first-order valence-electron chi connectivity index (χ1n) is 11.7. The molecule has 12 nitrogen and oxygen atoms in total. The summed E-state index contributed by atoms with van der Waals surface area (Å²) in [6, 6.07) is 12.5. The minimum atomic E-state index is -0.427. The highest BCUT2D eigenvalue weighted by atomic mass is 16.5. The number of carbonyl (C=O) groups is 2. The van der Waals surface area contributed by atoms with Gasteiger partial charge in [-0.3, -0.25) is 0 Å². The molecule has 0 saturated heterocycles. The molecule has 0 radical (unpaired) electrons. The zero-order valence-corrected chi connectivity index (χ0v) is 22.0. The fraction of sp³-hybridized carbons (Fsp3) is 0.346. The van der Waals surface area contributed by atoms with Gasteiger partial charge in [-0.25, -0.2) is 9.59 Å². The second-order valence-electron chi connectivity index (χ2n) is 8.52. The molecular weight excluding hydrogens is 494 g/mol. The Morgan fingerprint density at radius 3 is 1.34 bits per heavy atom. The maximum absolute atomic E-state index is 12.2. The van der Waals surface area contributed by atoms with Crippen LogP contribution in [0.15, 0.2) is 48.5 Å². The Kier molecular flexibility index (Phi) is 10.3. The van der Waals surface area contributed by atoms with Crippen molar-refractivity contribution >= 4 is 11.9 Å². The molecule has 202 valence electrons. The molecule has 0 spiro atoms. The van der Waals surface area contributed by atoms with Crippen LogP contribution in [-0.2, 0) is 9.47 Å². The fourth-order valence-corrected chi connectivity index (χ4v) is 2.84. The van der Waals surface area contributed by atoms with Gasteiger partial charge in [-0.15, -0.1) is 15.0 Å². The average molecular weight is 526 g/mol. The molecule has 0 amide bonds. The van der Waals surface area contributed by atoms with E-state index in [4.69, 9.17) is 23.7 Å². The molecule has 0 aliphatic rings. The first kappa shape index (κ1) is 28.3. The number of methoxy groups -OCH3 is 1. The van der Waals surface area contributed by atoms with E-state index in [0.717, 1.165) is 0 Å². The van der Waals surface area contributed by atoms with Crippen molar-refractivity contribution in [3.8, 4) is 29.5 Å². The van der Waals surface area contributed by atoms with Gasteiger partial charge in [0.1, 0.15) is 24.7 Å². The molecule has 38 heavy (non-hydrogen) atoms. The average Bonchev–Trinajstić information content (AvgIpc) is 2.88. The lowest BCUT2D eigenvalue weighted by Crippen LogP contribution is -2.20. The van der Waals surface area contributed by atoms with Crippen LogP contribution in [0.1, 0.15) is 20.7 Å². The molecule has 0 atom stereocenters. The smallest absolute Gasteiger partial charge is 0.338 e. The molecule has 1 heterocycles. The number of ether oxygens (including phenoxy) is 5. The van der Waals surface area contributed by atoms with Gasteiger partial charge in [0.25, 0.3) is 0 Å². The van der Waals surface area contributed by atoms with Crippen LogP contribution in [0.25, 0.3) is 0 Å². The lowest BCUT2D eigenvalue weighted by Gasteiger charge is -2.11. The molecule has 0 aliphatic carbocycles. The van der Waals surface area contributed by atoms with Gasteiger partial charge in [0.05, 0.1) is 18.2 Å². The molecule has 2 aromatic carbocycles. The summed E-state index contributed by atoms with van der Waals surface area (Å²) in [5.41, 5.74) is 0.775. The van der Waals surface area contributed by atoms with Crippen LogP contribution >= 0.6 is 0 Å². The molecule has 3 rings (SSSR count). The van der Waals surface area contributed by atoms with Gasteiger partial charge in [0, 0.05) is 13.1 Å². The first-order valence-corrected chi connectivity index (χ1v) is 11.7. The Morgan fingerprint density at radius 1 is 0.632 bits per heavy atom. The van der Waals surface area contributed by atoms with E-state index in [0.29, 0.717) is 48.9 Å². The number of rotatable bonds is 13. The van der Waals surface area contributed by atoms with Crippen molar-refractivity contribution in [1.29, 1.82) is 0 Å². The third-order valence-corrected chi connectivity index (χ3v) is 4.90. The zero-order valence-electron chi connectivity index (χ0n) is 22.0. The standard InChI is InChI=1S/C26H31N5O7/c1-30(2)14-16-35-22(32)18-6-10-20(11-7-18)37-25-27-24(34-5)28-26(29-25)38-21-12-8-19(9-13-21)23(33)36-17-15-31(3)4/h6-13H,14-17H2,1-5H3. The van der Waals surface area contributed by atoms with Crippen LogP contribution in [-0.4, -0.2) is 98.3 Å². The van der Waals surface area contributed by atoms with Crippen LogP contribution in [0.2, 0.25) is 0 Å². The summed E-state index contributed by atoms with van der Waals surface area (Å²) < 4.78 is 27.0. The van der Waals surface area contributed by atoms with E-state index in [1.54, 1.807) is 48.5 Å². The number of aromatic nitrogens is 3. The van der Waals surface area contributed by atoms with Gasteiger partial charge < -0.3 is 33.5 Å². The summed E-state index contributed by atoms with van der Waals surface area (Å²) >= 11 is 0. The SMILES string of the molecule is COc1nc(Oc2ccc(C(=O)OCCN(C)C)cc2)nc(Oc2ccc(C(=O)OCCN(C)C)cc2)n1. The third kappa shape index (κ3) is 8.98. The lowest BCUT2D eigenvalue weighted by molar-refractivity contribution is 0.0472. The number of hydrogen-bond acceptors (Lipinski definition) is 12. The highest BCUT2D eigenvalue weighted by Crippen LogP contribution is 2.25. The highest BCUT2D eigenvalue weighted by molar-refractivity contribution is 5.90. The van der Waals surface area contributed by atoms with Crippen molar-refractivity contribution in [3.63, 3.8) is 0 Å². The fourth-order valence-electron chi connectivity index (χ4n) is 2.84. The molecule has 3 aromatic rings. The molecular formula is C26H31N5O7. The molecule has 0 N–H and O–H groups in total. The van der Waals surface area contributed by atoms with E-state index in [2.05, 4.69) is 15.0 Å². The summed E-state index contributed by atoms with van der Waals surface area (Å²) in [6.45, 7) is 1.85. The maximum Gasteiger partial charge on any atom is 0.338 e. The van der Waals surface area contributed by atoms with Gasteiger partial charge in [-0.2, -0.15) is 0 Å². The van der Waals surface area contributed by atoms with Gasteiger partial charge >= 0.3 is 30.0 Å². The van der Waals surface area contributed by atoms with Crippen LogP contribution in [0.5, 0.6) is 29.5 Å². The van der Waals surface area contributed by atoms with Crippen molar-refractivity contribution in [2.45, 2.75) is 0 Å². The molecule has 12 heteroatoms. The first-order chi connectivity index (χ1) is 18.2. The number of esters is 2. The van der Waals surface area contributed by atoms with E-state index in [9.17, 15) is 9.59 Å². The second-order valence-corrected chi connectivity index (χ2v) is 8.52. The predicted octanol–water partition coefficient (Wildman–Crippen LogP) is 2.90. The Balaban J connectivity index is 1.63. The Labute approximate surface area is 221 Å². The minimum Gasteiger partial charge on any atom is -0.467 e. The number of likely N-dealkylation sites (N-methyl/N-ethyl adjacent to an activating group) is 2. The predicted molar refractivity (Wildman–Crippen MR) is 137 cm³/mol. The van der Waals surface area contributed by atoms with E-state index < -0.39 is 11.9 Å². The number of nitrogens with zero attached hydrogens (tertiary/aromatic N) is 5. The molecule has 1 aromatic heterocycles. The van der Waals surface area contributed by atoms with Crippen molar-refractivity contribution in [3.05, 3.63) is 59.7 Å². The third-order valence-electron chi connectivity index (χ3n) is 4.90. The summed E-state index contributed by atoms with van der Waals surface area (Å²) in [5.74, 6) is -0.0927. The Morgan fingerprint density at radius 2 is 1.00 bits per heavy atom. The quantitative estimate of drug-likeness (QED) is 0.305. The summed E-state index contributed by atoms with van der Waals surface area (Å²) in [6.07, 6.45) is 0. The van der Waals surface area contributed by atoms with Crippen molar-refractivity contribution < 1.29 is 33.3 Å². The number of hydrogen-bond donors (Lipinski definition) is 0. The van der Waals surface area contributed by atoms with Crippen LogP contribution in [0.3, 0.4) is 0 Å². The maximum atomic E-state index is 12.2. The van der Waals surface area contributed by atoms with Crippen LogP contribution in [0.4, 0.5) is 0 Å². The topological polar surface area (TPSA) is 125 Å². The van der Waals surface area contributed by atoms with E-state index >= 15 is 0 Å². The Hall–Kier alpha value is -4.29. The van der Waals surface area contributed by atoms with E-state index in [-0.39, 0.29) is 18.0 Å². The van der Waals surface area contributed by atoms with E-state index in [1.807, 2.05) is 38.0 Å². The van der Waals surface area contributed by atoms with Crippen LogP contribution in [0, 0.1) is 0 Å². The summed E-state index contributed by atoms with van der Waals surface area (Å²) in [5, 5.41) is 0. The van der Waals surface area contributed by atoms with Crippen LogP contribution < -0.4 is 14.2 Å². The zero-order chi connectivity index (χ0) is 27.5. The lowest BCUT2D eigenvalue weighted by atomic mass is 10.2. The van der Waals surface area contributed by atoms with Crippen molar-refractivity contribution in [2.24, 2.45) is 0 Å². The monoisotopic (exact) mass is 525 g/mol. The molecule has 0 unspecified atom stereocenters. The number of benzene rings is 2. The molecule has 0 bridgehead atoms. The Bertz CT molecular complexity index is 1110. The largest absolute Gasteiger partial charge is 0.467 e. The normalized spacial score (nSPS) is 10.8. The van der Waals surface area contributed by atoms with Crippen molar-refractivity contribution in [2.75, 3.05) is 61.6 Å². The molecule has 0 saturated carbocycles. The highest BCUT2D eigenvalue weighted by Gasteiger charge is 2.14. The van der Waals surface area contributed by atoms with E-state index in [1.165, 1.54) is 7.11 Å². The van der Waals surface area contributed by atoms with Gasteiger partial charge in [-0.05, 0) is 76.7 Å².